The van der Waals surface area contributed by atoms with Gasteiger partial charge in [0.1, 0.15) is 11.5 Å². The van der Waals surface area contributed by atoms with Crippen LogP contribution < -0.4 is 10.1 Å². The van der Waals surface area contributed by atoms with Gasteiger partial charge in [0.25, 0.3) is 5.91 Å². The quantitative estimate of drug-likeness (QED) is 0.190. The summed E-state index contributed by atoms with van der Waals surface area (Å²) in [6.45, 7) is 11.5. The molecule has 2 aliphatic rings. The van der Waals surface area contributed by atoms with Crippen molar-refractivity contribution in [2.45, 2.75) is 58.5 Å². The van der Waals surface area contributed by atoms with E-state index in [1.54, 1.807) is 0 Å². The summed E-state index contributed by atoms with van der Waals surface area (Å²) in [5, 5.41) is 7.94. The molecule has 3 aromatic carbocycles. The van der Waals surface area contributed by atoms with Gasteiger partial charge in [0.2, 0.25) is 0 Å². The largest absolute Gasteiger partial charge is 0.457 e. The van der Waals surface area contributed by atoms with Gasteiger partial charge in [-0.1, -0.05) is 85.5 Å². The second-order valence-corrected chi connectivity index (χ2v) is 12.3. The molecule has 1 amide bonds. The molecule has 1 heterocycles. The average molecular weight is 596 g/mol. The zero-order chi connectivity index (χ0) is 31.4. The number of nitrogens with one attached hydrogen (secondary N) is 1. The van der Waals surface area contributed by atoms with Crippen LogP contribution >= 0.6 is 0 Å². The SMILES string of the molecule is C=C(c1ccccc1C)C1CC1(CCc1ccc(CNC(=O)C2=C(Oc3ccccc3)C=CCC=C2)cc1)n1ncc(C)c1C. The predicted molar refractivity (Wildman–Crippen MR) is 182 cm³/mol. The Balaban J connectivity index is 1.12. The molecule has 2 unspecified atom stereocenters. The number of hydrogen-bond donors (Lipinski definition) is 1. The van der Waals surface area contributed by atoms with E-state index in [1.165, 1.54) is 33.5 Å². The first kappa shape index (κ1) is 30.1. The van der Waals surface area contributed by atoms with E-state index in [1.807, 2.05) is 60.8 Å². The van der Waals surface area contributed by atoms with E-state index < -0.39 is 0 Å². The van der Waals surface area contributed by atoms with E-state index in [2.05, 4.69) is 85.9 Å². The van der Waals surface area contributed by atoms with Crippen molar-refractivity contribution in [2.24, 2.45) is 5.92 Å². The number of allylic oxidation sites excluding steroid dienone is 4. The van der Waals surface area contributed by atoms with Crippen LogP contribution in [0.1, 0.15) is 52.8 Å². The second kappa shape index (κ2) is 13.0. The van der Waals surface area contributed by atoms with Gasteiger partial charge < -0.3 is 10.1 Å². The zero-order valence-corrected chi connectivity index (χ0v) is 26.4. The Kier molecular flexibility index (Phi) is 8.70. The Morgan fingerprint density at radius 3 is 2.38 bits per heavy atom. The highest BCUT2D eigenvalue weighted by molar-refractivity contribution is 5.97. The fourth-order valence-corrected chi connectivity index (χ4v) is 6.39. The van der Waals surface area contributed by atoms with Crippen molar-refractivity contribution in [1.82, 2.24) is 15.1 Å². The lowest BCUT2D eigenvalue weighted by atomic mass is 9.93. The number of nitrogens with zero attached hydrogens (tertiary/aromatic N) is 2. The lowest BCUT2D eigenvalue weighted by molar-refractivity contribution is -0.117. The summed E-state index contributed by atoms with van der Waals surface area (Å²) in [5.74, 6) is 1.44. The summed E-state index contributed by atoms with van der Waals surface area (Å²) in [6, 6.07) is 26.7. The number of benzene rings is 3. The molecule has 228 valence electrons. The van der Waals surface area contributed by atoms with Gasteiger partial charge in [-0.25, -0.2) is 0 Å². The van der Waals surface area contributed by atoms with Crippen molar-refractivity contribution in [3.05, 3.63) is 161 Å². The monoisotopic (exact) mass is 595 g/mol. The Bertz CT molecular complexity index is 1790. The molecule has 0 radical (unpaired) electrons. The highest BCUT2D eigenvalue weighted by Gasteiger charge is 2.57. The van der Waals surface area contributed by atoms with Crippen LogP contribution in [-0.4, -0.2) is 15.7 Å². The van der Waals surface area contributed by atoms with E-state index >= 15 is 0 Å². The van der Waals surface area contributed by atoms with Crippen molar-refractivity contribution in [3.63, 3.8) is 0 Å². The summed E-state index contributed by atoms with van der Waals surface area (Å²) < 4.78 is 8.32. The third kappa shape index (κ3) is 6.48. The van der Waals surface area contributed by atoms with Crippen LogP contribution in [0.2, 0.25) is 0 Å². The number of aryl methyl sites for hydroxylation is 3. The Morgan fingerprint density at radius 2 is 1.64 bits per heavy atom. The maximum atomic E-state index is 13.2. The third-order valence-corrected chi connectivity index (χ3v) is 9.26. The molecule has 6 rings (SSSR count). The van der Waals surface area contributed by atoms with Crippen LogP contribution in [0.5, 0.6) is 5.75 Å². The lowest BCUT2D eigenvalue weighted by Crippen LogP contribution is -2.25. The Hall–Kier alpha value is -4.90. The number of amides is 1. The van der Waals surface area contributed by atoms with Crippen molar-refractivity contribution in [1.29, 1.82) is 0 Å². The first-order chi connectivity index (χ1) is 21.9. The molecular formula is C40H41N3O2. The molecule has 1 fully saturated rings. The number of aromatic nitrogens is 2. The van der Waals surface area contributed by atoms with E-state index in [4.69, 9.17) is 9.84 Å². The fourth-order valence-electron chi connectivity index (χ4n) is 6.39. The summed E-state index contributed by atoms with van der Waals surface area (Å²) in [6.07, 6.45) is 13.4. The number of ether oxygens (including phenoxy) is 1. The standard InChI is InChI=1S/C40H41N3O2/c1-28-13-11-12-16-35(28)30(3)37-25-40(37,43-31(4)29(2)26-42-43)24-23-32-19-21-33(22-20-32)27-41-39(44)36-17-9-6-10-18-38(36)45-34-14-7-5-8-15-34/h5,7-22,26,37H,3,6,23-25,27H2,1-2,4H3,(H,41,44). The molecule has 0 aliphatic heterocycles. The molecule has 1 aromatic heterocycles. The predicted octanol–water partition coefficient (Wildman–Crippen LogP) is 8.34. The van der Waals surface area contributed by atoms with Crippen molar-refractivity contribution < 1.29 is 9.53 Å². The summed E-state index contributed by atoms with van der Waals surface area (Å²) in [5.41, 5.74) is 8.95. The van der Waals surface area contributed by atoms with Crippen LogP contribution in [0, 0.1) is 26.7 Å². The molecule has 0 spiro atoms. The maximum absolute atomic E-state index is 13.2. The maximum Gasteiger partial charge on any atom is 0.255 e. The topological polar surface area (TPSA) is 56.1 Å². The molecule has 2 atom stereocenters. The van der Waals surface area contributed by atoms with E-state index in [9.17, 15) is 4.79 Å². The van der Waals surface area contributed by atoms with E-state index in [0.29, 0.717) is 29.5 Å². The van der Waals surface area contributed by atoms with Gasteiger partial charge in [-0.15, -0.1) is 0 Å². The number of para-hydroxylation sites is 1. The number of rotatable bonds is 11. The molecule has 5 nitrogen and oxygen atoms in total. The van der Waals surface area contributed by atoms with Crippen LogP contribution in [0.25, 0.3) is 5.57 Å². The first-order valence-electron chi connectivity index (χ1n) is 15.8. The molecule has 2 aliphatic carbocycles. The molecule has 1 saturated carbocycles. The second-order valence-electron chi connectivity index (χ2n) is 12.3. The summed E-state index contributed by atoms with van der Waals surface area (Å²) >= 11 is 0. The number of hydrogen-bond acceptors (Lipinski definition) is 3. The van der Waals surface area contributed by atoms with E-state index in [0.717, 1.165) is 31.2 Å². The molecule has 5 heteroatoms. The minimum Gasteiger partial charge on any atom is -0.457 e. The van der Waals surface area contributed by atoms with Gasteiger partial charge in [0, 0.05) is 18.2 Å². The van der Waals surface area contributed by atoms with Crippen LogP contribution in [0.4, 0.5) is 0 Å². The molecule has 45 heavy (non-hydrogen) atoms. The van der Waals surface area contributed by atoms with Crippen LogP contribution in [0.15, 0.2) is 127 Å². The molecule has 0 saturated heterocycles. The molecular weight excluding hydrogens is 554 g/mol. The van der Waals surface area contributed by atoms with Gasteiger partial charge in [-0.2, -0.15) is 5.10 Å². The fraction of sp³-hybridized carbons (Fsp3) is 0.250. The van der Waals surface area contributed by atoms with Crippen LogP contribution in [-0.2, 0) is 23.3 Å². The van der Waals surface area contributed by atoms with Gasteiger partial charge in [0.15, 0.2) is 0 Å². The van der Waals surface area contributed by atoms with Crippen molar-refractivity contribution in [2.75, 3.05) is 0 Å². The molecule has 0 bridgehead atoms. The highest BCUT2D eigenvalue weighted by Crippen LogP contribution is 2.59. The van der Waals surface area contributed by atoms with E-state index in [-0.39, 0.29) is 11.4 Å². The Morgan fingerprint density at radius 1 is 0.933 bits per heavy atom. The van der Waals surface area contributed by atoms with Crippen LogP contribution in [0.3, 0.4) is 0 Å². The Labute approximate surface area is 266 Å². The smallest absolute Gasteiger partial charge is 0.255 e. The summed E-state index contributed by atoms with van der Waals surface area (Å²) in [4.78, 5) is 13.2. The van der Waals surface area contributed by atoms with Gasteiger partial charge >= 0.3 is 0 Å². The minimum atomic E-state index is -0.159. The average Bonchev–Trinajstić information content (AvgIpc) is 3.76. The first-order valence-corrected chi connectivity index (χ1v) is 15.8. The molecule has 4 aromatic rings. The molecule has 1 N–H and O–H groups in total. The highest BCUT2D eigenvalue weighted by atomic mass is 16.5. The summed E-state index contributed by atoms with van der Waals surface area (Å²) in [7, 11) is 0. The zero-order valence-electron chi connectivity index (χ0n) is 26.4. The van der Waals surface area contributed by atoms with Crippen molar-refractivity contribution >= 4 is 11.5 Å². The van der Waals surface area contributed by atoms with Gasteiger partial charge in [0.05, 0.1) is 17.3 Å². The van der Waals surface area contributed by atoms with Crippen molar-refractivity contribution in [3.8, 4) is 5.75 Å². The lowest BCUT2D eigenvalue weighted by Gasteiger charge is -2.22. The van der Waals surface area contributed by atoms with Gasteiger partial charge in [-0.05, 0) is 104 Å². The van der Waals surface area contributed by atoms with Gasteiger partial charge in [-0.3, -0.25) is 9.48 Å². The minimum absolute atomic E-state index is 0.0712. The number of carbonyl (C=O) groups excluding carboxylic acids is 1. The third-order valence-electron chi connectivity index (χ3n) is 9.26. The number of carbonyl (C=O) groups is 1. The normalized spacial score (nSPS) is 18.9.